The summed E-state index contributed by atoms with van der Waals surface area (Å²) >= 11 is 0. The van der Waals surface area contributed by atoms with Gasteiger partial charge in [0.1, 0.15) is 0 Å². The highest BCUT2D eigenvalue weighted by molar-refractivity contribution is 5.91. The third kappa shape index (κ3) is 3.54. The summed E-state index contributed by atoms with van der Waals surface area (Å²) in [7, 11) is 0. The van der Waals surface area contributed by atoms with E-state index in [1.54, 1.807) is 0 Å². The van der Waals surface area contributed by atoms with E-state index in [-0.39, 0.29) is 17.7 Å². The van der Waals surface area contributed by atoms with Crippen molar-refractivity contribution in [2.75, 3.05) is 19.6 Å². The van der Waals surface area contributed by atoms with E-state index in [0.717, 1.165) is 13.1 Å². The van der Waals surface area contributed by atoms with Crippen molar-refractivity contribution >= 4 is 5.91 Å². The van der Waals surface area contributed by atoms with Gasteiger partial charge in [-0.15, -0.1) is 0 Å². The summed E-state index contributed by atoms with van der Waals surface area (Å²) in [5.74, 6) is 0.0425. The molecule has 1 atom stereocenters. The molecule has 0 unspecified atom stereocenters. The summed E-state index contributed by atoms with van der Waals surface area (Å²) in [6.45, 7) is 2.74. The standard InChI is InChI=1S/C17H21N3O2/c21-17(16-12-18-13-22-16)19-11-15(14-7-3-1-4-8-14)20-9-5-2-6-10-20/h1,3-4,7-8,12-13,15H,2,5-6,9-11H2,(H,19,21)/t15-/m1/s1. The minimum atomic E-state index is -0.213. The van der Waals surface area contributed by atoms with E-state index < -0.39 is 0 Å². The Balaban J connectivity index is 1.69. The predicted octanol–water partition coefficient (Wildman–Crippen LogP) is 2.63. The van der Waals surface area contributed by atoms with Crippen LogP contribution in [0.25, 0.3) is 0 Å². The number of carbonyl (C=O) groups excluding carboxylic acids is 1. The highest BCUT2D eigenvalue weighted by atomic mass is 16.3. The normalized spacial score (nSPS) is 17.1. The van der Waals surface area contributed by atoms with Crippen molar-refractivity contribution in [3.63, 3.8) is 0 Å². The number of oxazole rings is 1. The SMILES string of the molecule is O=C(NC[C@H](c1ccccc1)N1CCCCC1)c1cnco1. The molecule has 2 heterocycles. The summed E-state index contributed by atoms with van der Waals surface area (Å²) in [5, 5.41) is 2.97. The Morgan fingerprint density at radius 1 is 1.23 bits per heavy atom. The van der Waals surface area contributed by atoms with Crippen LogP contribution in [0.15, 0.2) is 47.3 Å². The smallest absolute Gasteiger partial charge is 0.288 e. The largest absolute Gasteiger partial charge is 0.438 e. The van der Waals surface area contributed by atoms with Crippen LogP contribution in [0.3, 0.4) is 0 Å². The minimum Gasteiger partial charge on any atom is -0.438 e. The molecule has 1 amide bonds. The van der Waals surface area contributed by atoms with Crippen LogP contribution in [0, 0.1) is 0 Å². The number of nitrogens with zero attached hydrogens (tertiary/aromatic N) is 2. The lowest BCUT2D eigenvalue weighted by molar-refractivity contribution is 0.0897. The first-order valence-corrected chi connectivity index (χ1v) is 7.80. The molecule has 5 heteroatoms. The molecule has 22 heavy (non-hydrogen) atoms. The molecule has 1 aliphatic rings. The summed E-state index contributed by atoms with van der Waals surface area (Å²) < 4.78 is 5.04. The molecular weight excluding hydrogens is 278 g/mol. The second-order valence-corrected chi connectivity index (χ2v) is 5.60. The first kappa shape index (κ1) is 14.8. The summed E-state index contributed by atoms with van der Waals surface area (Å²) in [4.78, 5) is 18.3. The van der Waals surface area contributed by atoms with Crippen LogP contribution >= 0.6 is 0 Å². The number of rotatable bonds is 5. The van der Waals surface area contributed by atoms with Gasteiger partial charge in [0.2, 0.25) is 5.76 Å². The molecule has 2 aromatic rings. The highest BCUT2D eigenvalue weighted by Gasteiger charge is 2.23. The van der Waals surface area contributed by atoms with Crippen LogP contribution in [0.2, 0.25) is 0 Å². The number of hydrogen-bond donors (Lipinski definition) is 1. The van der Waals surface area contributed by atoms with Crippen molar-refractivity contribution in [1.29, 1.82) is 0 Å². The Labute approximate surface area is 130 Å². The van der Waals surface area contributed by atoms with Gasteiger partial charge in [0.15, 0.2) is 6.39 Å². The van der Waals surface area contributed by atoms with Crippen LogP contribution in [0.1, 0.15) is 41.4 Å². The lowest BCUT2D eigenvalue weighted by atomic mass is 10.0. The van der Waals surface area contributed by atoms with E-state index in [1.807, 2.05) is 18.2 Å². The van der Waals surface area contributed by atoms with E-state index in [1.165, 1.54) is 37.4 Å². The van der Waals surface area contributed by atoms with Crippen molar-refractivity contribution in [1.82, 2.24) is 15.2 Å². The van der Waals surface area contributed by atoms with Crippen molar-refractivity contribution in [2.24, 2.45) is 0 Å². The number of carbonyl (C=O) groups is 1. The first-order chi connectivity index (χ1) is 10.8. The maximum Gasteiger partial charge on any atom is 0.288 e. The second kappa shape index (κ2) is 7.22. The zero-order valence-electron chi connectivity index (χ0n) is 12.6. The minimum absolute atomic E-state index is 0.202. The summed E-state index contributed by atoms with van der Waals surface area (Å²) in [6.07, 6.45) is 6.45. The van der Waals surface area contributed by atoms with Gasteiger partial charge in [0.25, 0.3) is 5.91 Å². The van der Waals surface area contributed by atoms with E-state index in [4.69, 9.17) is 4.42 Å². The topological polar surface area (TPSA) is 58.4 Å². The zero-order chi connectivity index (χ0) is 15.2. The fraction of sp³-hybridized carbons (Fsp3) is 0.412. The summed E-state index contributed by atoms with van der Waals surface area (Å²) in [5.41, 5.74) is 1.24. The van der Waals surface area contributed by atoms with Gasteiger partial charge < -0.3 is 9.73 Å². The molecule has 1 N–H and O–H groups in total. The fourth-order valence-electron chi connectivity index (χ4n) is 2.97. The Morgan fingerprint density at radius 3 is 2.68 bits per heavy atom. The molecule has 0 aliphatic carbocycles. The van der Waals surface area contributed by atoms with Gasteiger partial charge in [0.05, 0.1) is 12.2 Å². The van der Waals surface area contributed by atoms with E-state index >= 15 is 0 Å². The van der Waals surface area contributed by atoms with Crippen LogP contribution in [-0.2, 0) is 0 Å². The molecule has 1 fully saturated rings. The summed E-state index contributed by atoms with van der Waals surface area (Å²) in [6, 6.07) is 10.6. The average Bonchev–Trinajstić information content (AvgIpc) is 3.11. The van der Waals surface area contributed by atoms with Crippen LogP contribution in [0.5, 0.6) is 0 Å². The van der Waals surface area contributed by atoms with Crippen molar-refractivity contribution in [3.8, 4) is 0 Å². The van der Waals surface area contributed by atoms with E-state index in [2.05, 4.69) is 27.3 Å². The van der Waals surface area contributed by atoms with Crippen LogP contribution < -0.4 is 5.32 Å². The number of likely N-dealkylation sites (tertiary alicyclic amines) is 1. The van der Waals surface area contributed by atoms with Gasteiger partial charge in [-0.3, -0.25) is 9.69 Å². The Bertz CT molecular complexity index is 577. The van der Waals surface area contributed by atoms with Crippen LogP contribution in [0.4, 0.5) is 0 Å². The maximum absolute atomic E-state index is 12.1. The van der Waals surface area contributed by atoms with Gasteiger partial charge in [-0.05, 0) is 31.5 Å². The Kier molecular flexibility index (Phi) is 4.85. The zero-order valence-corrected chi connectivity index (χ0v) is 12.6. The monoisotopic (exact) mass is 299 g/mol. The average molecular weight is 299 g/mol. The van der Waals surface area contributed by atoms with Crippen molar-refractivity contribution in [2.45, 2.75) is 25.3 Å². The fourth-order valence-corrected chi connectivity index (χ4v) is 2.97. The molecule has 1 aromatic carbocycles. The molecule has 5 nitrogen and oxygen atoms in total. The number of amides is 1. The third-order valence-corrected chi connectivity index (χ3v) is 4.13. The second-order valence-electron chi connectivity index (χ2n) is 5.60. The lowest BCUT2D eigenvalue weighted by Crippen LogP contribution is -2.40. The van der Waals surface area contributed by atoms with Gasteiger partial charge in [-0.25, -0.2) is 4.98 Å². The number of nitrogens with one attached hydrogen (secondary N) is 1. The molecule has 0 saturated carbocycles. The molecular formula is C17H21N3O2. The maximum atomic E-state index is 12.1. The van der Waals surface area contributed by atoms with Gasteiger partial charge in [-0.2, -0.15) is 0 Å². The number of hydrogen-bond acceptors (Lipinski definition) is 4. The molecule has 1 aromatic heterocycles. The van der Waals surface area contributed by atoms with E-state index in [9.17, 15) is 4.79 Å². The quantitative estimate of drug-likeness (QED) is 0.922. The number of aromatic nitrogens is 1. The van der Waals surface area contributed by atoms with Gasteiger partial charge in [-0.1, -0.05) is 36.8 Å². The molecule has 0 radical (unpaired) electrons. The predicted molar refractivity (Wildman–Crippen MR) is 83.4 cm³/mol. The first-order valence-electron chi connectivity index (χ1n) is 7.80. The van der Waals surface area contributed by atoms with Crippen molar-refractivity contribution < 1.29 is 9.21 Å². The highest BCUT2D eigenvalue weighted by Crippen LogP contribution is 2.24. The third-order valence-electron chi connectivity index (χ3n) is 4.13. The molecule has 116 valence electrons. The Hall–Kier alpha value is -2.14. The Morgan fingerprint density at radius 2 is 2.00 bits per heavy atom. The molecule has 3 rings (SSSR count). The molecule has 0 spiro atoms. The number of benzene rings is 1. The molecule has 1 saturated heterocycles. The van der Waals surface area contributed by atoms with Crippen molar-refractivity contribution in [3.05, 3.63) is 54.2 Å². The molecule has 1 aliphatic heterocycles. The van der Waals surface area contributed by atoms with Gasteiger partial charge in [0, 0.05) is 6.54 Å². The lowest BCUT2D eigenvalue weighted by Gasteiger charge is -2.35. The van der Waals surface area contributed by atoms with Gasteiger partial charge >= 0.3 is 0 Å². The molecule has 0 bridgehead atoms. The number of piperidine rings is 1. The van der Waals surface area contributed by atoms with Crippen LogP contribution in [-0.4, -0.2) is 35.4 Å². The van der Waals surface area contributed by atoms with E-state index in [0.29, 0.717) is 6.54 Å².